The minimum Gasteiger partial charge on any atom is -0.487 e. The zero-order valence-corrected chi connectivity index (χ0v) is 9.86. The molecule has 4 heteroatoms. The van der Waals surface area contributed by atoms with Crippen molar-refractivity contribution in [3.8, 4) is 5.75 Å². The van der Waals surface area contributed by atoms with Crippen LogP contribution < -0.4 is 10.5 Å². The molecule has 1 heterocycles. The van der Waals surface area contributed by atoms with Gasteiger partial charge >= 0.3 is 0 Å². The molecule has 1 saturated heterocycles. The molecule has 3 nitrogen and oxygen atoms in total. The van der Waals surface area contributed by atoms with Gasteiger partial charge in [0.05, 0.1) is 16.8 Å². The second kappa shape index (κ2) is 4.35. The molecule has 0 amide bonds. The van der Waals surface area contributed by atoms with Gasteiger partial charge < -0.3 is 15.2 Å². The van der Waals surface area contributed by atoms with Crippen LogP contribution in [-0.4, -0.2) is 19.3 Å². The average Bonchev–Trinajstić information content (AvgIpc) is 2.62. The van der Waals surface area contributed by atoms with Crippen LogP contribution in [0.1, 0.15) is 6.42 Å². The number of ether oxygens (including phenoxy) is 2. The van der Waals surface area contributed by atoms with Gasteiger partial charge in [0, 0.05) is 12.1 Å². The van der Waals surface area contributed by atoms with Gasteiger partial charge in [0.15, 0.2) is 0 Å². The van der Waals surface area contributed by atoms with Crippen LogP contribution in [0.25, 0.3) is 0 Å². The number of hydrogen-bond donors (Lipinski definition) is 1. The topological polar surface area (TPSA) is 44.5 Å². The highest BCUT2D eigenvalue weighted by atomic mass is 127. The van der Waals surface area contributed by atoms with Crippen LogP contribution in [0.3, 0.4) is 0 Å². The molecule has 1 aliphatic heterocycles. The molecule has 76 valence electrons. The molecule has 0 saturated carbocycles. The molecular weight excluding hydrogens is 293 g/mol. The SMILES string of the molecule is Nc1ccc(OC2CCOC2)c(I)c1. The summed E-state index contributed by atoms with van der Waals surface area (Å²) in [6, 6.07) is 5.68. The van der Waals surface area contributed by atoms with Crippen molar-refractivity contribution in [2.45, 2.75) is 12.5 Å². The number of nitrogen functional groups attached to an aromatic ring is 1. The summed E-state index contributed by atoms with van der Waals surface area (Å²) in [5.41, 5.74) is 6.42. The summed E-state index contributed by atoms with van der Waals surface area (Å²) < 4.78 is 12.1. The van der Waals surface area contributed by atoms with E-state index in [1.54, 1.807) is 0 Å². The molecule has 1 atom stereocenters. The lowest BCUT2D eigenvalue weighted by atomic mass is 10.3. The molecule has 0 bridgehead atoms. The molecule has 1 aliphatic rings. The first-order chi connectivity index (χ1) is 6.75. The second-order valence-electron chi connectivity index (χ2n) is 3.29. The maximum atomic E-state index is 5.77. The lowest BCUT2D eigenvalue weighted by Gasteiger charge is -2.13. The first-order valence-electron chi connectivity index (χ1n) is 4.55. The fraction of sp³-hybridized carbons (Fsp3) is 0.400. The van der Waals surface area contributed by atoms with Crippen molar-refractivity contribution in [1.82, 2.24) is 0 Å². The van der Waals surface area contributed by atoms with Crippen LogP contribution in [0.15, 0.2) is 18.2 Å². The van der Waals surface area contributed by atoms with E-state index in [1.165, 1.54) is 0 Å². The van der Waals surface area contributed by atoms with E-state index >= 15 is 0 Å². The smallest absolute Gasteiger partial charge is 0.133 e. The highest BCUT2D eigenvalue weighted by Crippen LogP contribution is 2.25. The molecular formula is C10H12INO2. The van der Waals surface area contributed by atoms with Crippen molar-refractivity contribution in [3.05, 3.63) is 21.8 Å². The van der Waals surface area contributed by atoms with Crippen LogP contribution in [0.5, 0.6) is 5.75 Å². The van der Waals surface area contributed by atoms with E-state index in [9.17, 15) is 0 Å². The van der Waals surface area contributed by atoms with Crippen LogP contribution in [0.4, 0.5) is 5.69 Å². The number of anilines is 1. The van der Waals surface area contributed by atoms with Crippen molar-refractivity contribution in [3.63, 3.8) is 0 Å². The fourth-order valence-electron chi connectivity index (χ4n) is 1.40. The quantitative estimate of drug-likeness (QED) is 0.672. The Balaban J connectivity index is 2.08. The standard InChI is InChI=1S/C10H12INO2/c11-9-5-7(12)1-2-10(9)14-8-3-4-13-6-8/h1-2,5,8H,3-4,6,12H2. The highest BCUT2D eigenvalue weighted by molar-refractivity contribution is 14.1. The van der Waals surface area contributed by atoms with Crippen LogP contribution in [0.2, 0.25) is 0 Å². The first-order valence-corrected chi connectivity index (χ1v) is 5.63. The number of halogens is 1. The predicted octanol–water partition coefficient (Wildman–Crippen LogP) is 2.04. The molecule has 14 heavy (non-hydrogen) atoms. The minimum absolute atomic E-state index is 0.201. The third kappa shape index (κ3) is 2.30. The number of hydrogen-bond acceptors (Lipinski definition) is 3. The van der Waals surface area contributed by atoms with Gasteiger partial charge in [0.25, 0.3) is 0 Å². The summed E-state index contributed by atoms with van der Waals surface area (Å²) in [6.45, 7) is 1.50. The summed E-state index contributed by atoms with van der Waals surface area (Å²) in [7, 11) is 0. The van der Waals surface area contributed by atoms with Crippen LogP contribution in [-0.2, 0) is 4.74 Å². The first kappa shape index (κ1) is 10.0. The summed E-state index contributed by atoms with van der Waals surface area (Å²) in [6.07, 6.45) is 1.17. The molecule has 2 rings (SSSR count). The third-order valence-electron chi connectivity index (χ3n) is 2.14. The Labute approximate surface area is 96.7 Å². The fourth-order valence-corrected chi connectivity index (χ4v) is 2.06. The van der Waals surface area contributed by atoms with E-state index in [0.29, 0.717) is 6.61 Å². The molecule has 0 aliphatic carbocycles. The van der Waals surface area contributed by atoms with Gasteiger partial charge in [-0.15, -0.1) is 0 Å². The van der Waals surface area contributed by atoms with Gasteiger partial charge in [-0.1, -0.05) is 0 Å². The van der Waals surface area contributed by atoms with Crippen molar-refractivity contribution >= 4 is 28.3 Å². The summed E-state index contributed by atoms with van der Waals surface area (Å²) in [5, 5.41) is 0. The molecule has 0 spiro atoms. The number of benzene rings is 1. The zero-order chi connectivity index (χ0) is 9.97. The van der Waals surface area contributed by atoms with Gasteiger partial charge in [-0.05, 0) is 40.8 Å². The maximum absolute atomic E-state index is 5.77. The normalized spacial score (nSPS) is 21.1. The van der Waals surface area contributed by atoms with E-state index in [4.69, 9.17) is 15.2 Å². The Kier molecular flexibility index (Phi) is 3.12. The summed E-state index contributed by atoms with van der Waals surface area (Å²) >= 11 is 2.23. The summed E-state index contributed by atoms with van der Waals surface area (Å²) in [4.78, 5) is 0. The molecule has 1 unspecified atom stereocenters. The Morgan fingerprint density at radius 1 is 1.50 bits per heavy atom. The Bertz CT molecular complexity index is 324. The molecule has 0 radical (unpaired) electrons. The van der Waals surface area contributed by atoms with E-state index in [2.05, 4.69) is 22.6 Å². The lowest BCUT2D eigenvalue weighted by Crippen LogP contribution is -2.16. The monoisotopic (exact) mass is 305 g/mol. The van der Waals surface area contributed by atoms with Crippen molar-refractivity contribution < 1.29 is 9.47 Å². The van der Waals surface area contributed by atoms with Crippen molar-refractivity contribution in [2.24, 2.45) is 0 Å². The number of rotatable bonds is 2. The van der Waals surface area contributed by atoms with Gasteiger partial charge in [0.2, 0.25) is 0 Å². The molecule has 2 N–H and O–H groups in total. The Morgan fingerprint density at radius 2 is 2.36 bits per heavy atom. The van der Waals surface area contributed by atoms with Gasteiger partial charge in [-0.3, -0.25) is 0 Å². The molecule has 1 aromatic carbocycles. The van der Waals surface area contributed by atoms with E-state index < -0.39 is 0 Å². The minimum atomic E-state index is 0.201. The number of nitrogens with two attached hydrogens (primary N) is 1. The van der Waals surface area contributed by atoms with E-state index in [-0.39, 0.29) is 6.10 Å². The van der Waals surface area contributed by atoms with Crippen LogP contribution >= 0.6 is 22.6 Å². The molecule has 1 aromatic rings. The Morgan fingerprint density at radius 3 is 3.00 bits per heavy atom. The zero-order valence-electron chi connectivity index (χ0n) is 7.70. The van der Waals surface area contributed by atoms with Crippen LogP contribution in [0, 0.1) is 3.57 Å². The van der Waals surface area contributed by atoms with E-state index in [0.717, 1.165) is 28.0 Å². The van der Waals surface area contributed by atoms with Crippen molar-refractivity contribution in [1.29, 1.82) is 0 Å². The maximum Gasteiger partial charge on any atom is 0.133 e. The largest absolute Gasteiger partial charge is 0.487 e. The van der Waals surface area contributed by atoms with E-state index in [1.807, 2.05) is 18.2 Å². The molecule has 1 fully saturated rings. The Hall–Kier alpha value is -0.490. The predicted molar refractivity (Wildman–Crippen MR) is 63.4 cm³/mol. The lowest BCUT2D eigenvalue weighted by molar-refractivity contribution is 0.141. The van der Waals surface area contributed by atoms with Gasteiger partial charge in [0.1, 0.15) is 11.9 Å². The van der Waals surface area contributed by atoms with Crippen molar-refractivity contribution in [2.75, 3.05) is 18.9 Å². The highest BCUT2D eigenvalue weighted by Gasteiger charge is 2.17. The summed E-state index contributed by atoms with van der Waals surface area (Å²) in [5.74, 6) is 0.898. The average molecular weight is 305 g/mol. The molecule has 0 aromatic heterocycles. The second-order valence-corrected chi connectivity index (χ2v) is 4.46. The van der Waals surface area contributed by atoms with Gasteiger partial charge in [-0.2, -0.15) is 0 Å². The van der Waals surface area contributed by atoms with Gasteiger partial charge in [-0.25, -0.2) is 0 Å². The third-order valence-corrected chi connectivity index (χ3v) is 2.98.